The SMILES string of the molecule is C/C=C\OC(OCC(C)C)C(CCC)NC(C)=O. The zero-order chi connectivity index (χ0) is 14.0. The fraction of sp³-hybridized carbons (Fsp3) is 0.786. The molecular weight excluding hydrogens is 230 g/mol. The van der Waals surface area contributed by atoms with Crippen molar-refractivity contribution >= 4 is 5.91 Å². The minimum atomic E-state index is -0.424. The molecule has 0 aromatic carbocycles. The summed E-state index contributed by atoms with van der Waals surface area (Å²) in [5, 5.41) is 2.89. The molecule has 0 aromatic heterocycles. The molecule has 1 N–H and O–H groups in total. The van der Waals surface area contributed by atoms with Crippen LogP contribution < -0.4 is 5.32 Å². The molecule has 0 saturated carbocycles. The van der Waals surface area contributed by atoms with E-state index in [0.717, 1.165) is 12.8 Å². The molecule has 4 nitrogen and oxygen atoms in total. The normalized spacial score (nSPS) is 14.8. The highest BCUT2D eigenvalue weighted by Gasteiger charge is 2.23. The van der Waals surface area contributed by atoms with Crippen molar-refractivity contribution in [2.24, 2.45) is 5.92 Å². The lowest BCUT2D eigenvalue weighted by atomic mass is 10.1. The van der Waals surface area contributed by atoms with Crippen LogP contribution in [0.4, 0.5) is 0 Å². The smallest absolute Gasteiger partial charge is 0.219 e. The Kier molecular flexibility index (Phi) is 9.38. The first-order chi connectivity index (χ1) is 8.51. The molecule has 0 saturated heterocycles. The van der Waals surface area contributed by atoms with E-state index in [9.17, 15) is 4.79 Å². The second-order valence-electron chi connectivity index (χ2n) is 4.80. The Morgan fingerprint density at radius 2 is 2.06 bits per heavy atom. The van der Waals surface area contributed by atoms with E-state index in [2.05, 4.69) is 26.1 Å². The van der Waals surface area contributed by atoms with E-state index in [4.69, 9.17) is 9.47 Å². The topological polar surface area (TPSA) is 47.6 Å². The van der Waals surface area contributed by atoms with Crippen LogP contribution in [0.15, 0.2) is 12.3 Å². The van der Waals surface area contributed by atoms with Gasteiger partial charge < -0.3 is 14.8 Å². The molecule has 0 aliphatic heterocycles. The van der Waals surface area contributed by atoms with Crippen molar-refractivity contribution in [3.05, 3.63) is 12.3 Å². The Bertz CT molecular complexity index is 251. The van der Waals surface area contributed by atoms with Crippen molar-refractivity contribution in [3.63, 3.8) is 0 Å². The van der Waals surface area contributed by atoms with Gasteiger partial charge in [-0.2, -0.15) is 0 Å². The van der Waals surface area contributed by atoms with E-state index < -0.39 is 6.29 Å². The third kappa shape index (κ3) is 8.12. The van der Waals surface area contributed by atoms with Crippen LogP contribution in [-0.2, 0) is 14.3 Å². The van der Waals surface area contributed by atoms with Crippen LogP contribution in [-0.4, -0.2) is 24.8 Å². The number of hydrogen-bond donors (Lipinski definition) is 1. The van der Waals surface area contributed by atoms with Gasteiger partial charge in [-0.05, 0) is 19.3 Å². The van der Waals surface area contributed by atoms with E-state index in [-0.39, 0.29) is 11.9 Å². The first kappa shape index (κ1) is 17.0. The zero-order valence-electron chi connectivity index (χ0n) is 12.2. The second-order valence-corrected chi connectivity index (χ2v) is 4.80. The van der Waals surface area contributed by atoms with Gasteiger partial charge in [-0.3, -0.25) is 4.79 Å². The van der Waals surface area contributed by atoms with Crippen LogP contribution in [0.5, 0.6) is 0 Å². The first-order valence-electron chi connectivity index (χ1n) is 6.66. The molecule has 2 unspecified atom stereocenters. The number of amides is 1. The lowest BCUT2D eigenvalue weighted by Gasteiger charge is -2.27. The highest BCUT2D eigenvalue weighted by Crippen LogP contribution is 2.11. The third-order valence-electron chi connectivity index (χ3n) is 2.26. The summed E-state index contributed by atoms with van der Waals surface area (Å²) < 4.78 is 11.3. The molecule has 0 rings (SSSR count). The van der Waals surface area contributed by atoms with Crippen LogP contribution in [0.2, 0.25) is 0 Å². The lowest BCUT2D eigenvalue weighted by molar-refractivity contribution is -0.142. The van der Waals surface area contributed by atoms with Crippen molar-refractivity contribution < 1.29 is 14.3 Å². The van der Waals surface area contributed by atoms with Gasteiger partial charge in [-0.1, -0.05) is 33.3 Å². The van der Waals surface area contributed by atoms with Gasteiger partial charge in [0, 0.05) is 6.92 Å². The average molecular weight is 257 g/mol. The minimum absolute atomic E-state index is 0.0596. The minimum Gasteiger partial charge on any atom is -0.471 e. The van der Waals surface area contributed by atoms with E-state index >= 15 is 0 Å². The predicted octanol–water partition coefficient (Wildman–Crippen LogP) is 2.84. The quantitative estimate of drug-likeness (QED) is 0.510. The van der Waals surface area contributed by atoms with Crippen molar-refractivity contribution in [2.75, 3.05) is 6.61 Å². The molecule has 0 radical (unpaired) electrons. The summed E-state index contributed by atoms with van der Waals surface area (Å²) >= 11 is 0. The van der Waals surface area contributed by atoms with Crippen LogP contribution >= 0.6 is 0 Å². The number of carbonyl (C=O) groups excluding carboxylic acids is 1. The monoisotopic (exact) mass is 257 g/mol. The van der Waals surface area contributed by atoms with Crippen molar-refractivity contribution in [1.82, 2.24) is 5.32 Å². The predicted molar refractivity (Wildman–Crippen MR) is 73.0 cm³/mol. The van der Waals surface area contributed by atoms with Gasteiger partial charge in [0.25, 0.3) is 0 Å². The molecule has 106 valence electrons. The first-order valence-corrected chi connectivity index (χ1v) is 6.66. The lowest BCUT2D eigenvalue weighted by Crippen LogP contribution is -2.44. The van der Waals surface area contributed by atoms with E-state index in [1.54, 1.807) is 6.26 Å². The number of carbonyl (C=O) groups is 1. The van der Waals surface area contributed by atoms with Gasteiger partial charge in [0.2, 0.25) is 12.2 Å². The van der Waals surface area contributed by atoms with Crippen LogP contribution in [0, 0.1) is 5.92 Å². The van der Waals surface area contributed by atoms with Gasteiger partial charge in [0.1, 0.15) is 0 Å². The molecule has 4 heteroatoms. The molecule has 0 bridgehead atoms. The summed E-state index contributed by atoms with van der Waals surface area (Å²) in [4.78, 5) is 11.2. The highest BCUT2D eigenvalue weighted by atomic mass is 16.7. The van der Waals surface area contributed by atoms with Crippen molar-refractivity contribution in [3.8, 4) is 0 Å². The van der Waals surface area contributed by atoms with E-state index in [1.165, 1.54) is 6.92 Å². The molecule has 2 atom stereocenters. The maximum absolute atomic E-state index is 11.2. The molecular formula is C14H27NO3. The molecule has 0 aromatic rings. The maximum atomic E-state index is 11.2. The highest BCUT2D eigenvalue weighted by molar-refractivity contribution is 5.73. The largest absolute Gasteiger partial charge is 0.471 e. The van der Waals surface area contributed by atoms with Gasteiger partial charge in [0.15, 0.2) is 0 Å². The van der Waals surface area contributed by atoms with Gasteiger partial charge in [0.05, 0.1) is 18.9 Å². The summed E-state index contributed by atoms with van der Waals surface area (Å²) in [5.41, 5.74) is 0. The summed E-state index contributed by atoms with van der Waals surface area (Å²) in [5.74, 6) is 0.372. The van der Waals surface area contributed by atoms with E-state index in [1.807, 2.05) is 13.0 Å². The summed E-state index contributed by atoms with van der Waals surface area (Å²) in [7, 11) is 0. The Morgan fingerprint density at radius 3 is 2.50 bits per heavy atom. The standard InChI is InChI=1S/C14H27NO3/c1-6-8-13(15-12(5)16)14(17-9-7-2)18-10-11(3)4/h7,9,11,13-14H,6,8,10H2,1-5H3,(H,15,16)/b9-7-. The van der Waals surface area contributed by atoms with Crippen LogP contribution in [0.3, 0.4) is 0 Å². The summed E-state index contributed by atoms with van der Waals surface area (Å²) in [6.45, 7) is 10.2. The number of rotatable bonds is 9. The fourth-order valence-electron chi connectivity index (χ4n) is 1.54. The van der Waals surface area contributed by atoms with Crippen molar-refractivity contribution in [1.29, 1.82) is 0 Å². The number of nitrogens with one attached hydrogen (secondary N) is 1. The number of allylic oxidation sites excluding steroid dienone is 1. The fourth-order valence-corrected chi connectivity index (χ4v) is 1.54. The maximum Gasteiger partial charge on any atom is 0.219 e. The molecule has 0 aliphatic rings. The number of ether oxygens (including phenoxy) is 2. The Balaban J connectivity index is 4.55. The average Bonchev–Trinajstić information content (AvgIpc) is 2.28. The molecule has 0 fully saturated rings. The van der Waals surface area contributed by atoms with Crippen LogP contribution in [0.1, 0.15) is 47.5 Å². The molecule has 18 heavy (non-hydrogen) atoms. The molecule has 1 amide bonds. The number of hydrogen-bond acceptors (Lipinski definition) is 3. The molecule has 0 aliphatic carbocycles. The van der Waals surface area contributed by atoms with Crippen LogP contribution in [0.25, 0.3) is 0 Å². The third-order valence-corrected chi connectivity index (χ3v) is 2.26. The Labute approximate surface area is 111 Å². The summed E-state index contributed by atoms with van der Waals surface area (Å²) in [6.07, 6.45) is 4.79. The van der Waals surface area contributed by atoms with Gasteiger partial charge in [-0.25, -0.2) is 0 Å². The second kappa shape index (κ2) is 9.95. The van der Waals surface area contributed by atoms with Gasteiger partial charge in [-0.15, -0.1) is 0 Å². The Hall–Kier alpha value is -1.03. The zero-order valence-corrected chi connectivity index (χ0v) is 12.2. The van der Waals surface area contributed by atoms with Gasteiger partial charge >= 0.3 is 0 Å². The van der Waals surface area contributed by atoms with E-state index in [0.29, 0.717) is 12.5 Å². The summed E-state index contributed by atoms with van der Waals surface area (Å²) in [6, 6.07) is -0.109. The van der Waals surface area contributed by atoms with Crippen molar-refractivity contribution in [2.45, 2.75) is 59.8 Å². The molecule has 0 heterocycles. The Morgan fingerprint density at radius 1 is 1.39 bits per heavy atom. The molecule has 0 spiro atoms.